The molecule has 1 aromatic carbocycles. The minimum atomic E-state index is -2.05. The summed E-state index contributed by atoms with van der Waals surface area (Å²) in [5.41, 5.74) is 0.964. The Kier molecular flexibility index (Phi) is 14.5. The van der Waals surface area contributed by atoms with Crippen LogP contribution in [0.2, 0.25) is 51.9 Å². The first kappa shape index (κ1) is 35.4. The molecule has 2 amide bonds. The van der Waals surface area contributed by atoms with E-state index in [9.17, 15) is 14.4 Å². The van der Waals surface area contributed by atoms with E-state index in [4.69, 9.17) is 13.0 Å². The quantitative estimate of drug-likeness (QED) is 0.111. The average Bonchev–Trinajstić information content (AvgIpc) is 2.84. The van der Waals surface area contributed by atoms with E-state index in [1.807, 2.05) is 30.3 Å². The molecule has 2 atom stereocenters. The molecule has 8 nitrogen and oxygen atoms in total. The first-order chi connectivity index (χ1) is 19.2. The molecule has 0 radical (unpaired) electrons. The Balaban J connectivity index is 1.48. The highest BCUT2D eigenvalue weighted by atomic mass is 28.5. The highest BCUT2D eigenvalue weighted by molar-refractivity contribution is 6.87. The van der Waals surface area contributed by atoms with Crippen LogP contribution in [0, 0.1) is 0 Å². The third-order valence-electron chi connectivity index (χ3n) is 6.93. The second-order valence-electron chi connectivity index (χ2n) is 13.3. The van der Waals surface area contributed by atoms with Gasteiger partial charge < -0.3 is 23.6 Å². The lowest BCUT2D eigenvalue weighted by molar-refractivity contribution is -0.147. The Morgan fingerprint density at radius 3 is 1.88 bits per heavy atom. The zero-order valence-electron chi connectivity index (χ0n) is 26.5. The summed E-state index contributed by atoms with van der Waals surface area (Å²) in [6, 6.07) is 9.19. The molecular formula is C30H54N2O6Si3. The van der Waals surface area contributed by atoms with Crippen LogP contribution in [-0.2, 0) is 33.8 Å². The molecule has 1 aliphatic heterocycles. The van der Waals surface area contributed by atoms with Crippen LogP contribution in [0.15, 0.2) is 30.3 Å². The lowest BCUT2D eigenvalue weighted by Crippen LogP contribution is -2.62. The van der Waals surface area contributed by atoms with Crippen LogP contribution >= 0.6 is 0 Å². The second-order valence-corrected chi connectivity index (χ2v) is 26.0. The second kappa shape index (κ2) is 16.7. The molecule has 1 aromatic rings. The SMILES string of the molecule is C[Si](C)(C)O[Si](C)(C)O[Si](C)(C)CCCCCCCCCCOC(=O)CC1NC(=O)C(Cc2ccccc2)NC1=O. The third kappa shape index (κ3) is 15.3. The maximum absolute atomic E-state index is 12.4. The van der Waals surface area contributed by atoms with Gasteiger partial charge in [0.1, 0.15) is 12.1 Å². The van der Waals surface area contributed by atoms with Gasteiger partial charge in [0.25, 0.3) is 0 Å². The van der Waals surface area contributed by atoms with E-state index in [0.29, 0.717) is 13.0 Å². The highest BCUT2D eigenvalue weighted by Gasteiger charge is 2.38. The van der Waals surface area contributed by atoms with E-state index in [0.717, 1.165) is 24.8 Å². The van der Waals surface area contributed by atoms with Crippen molar-refractivity contribution in [1.29, 1.82) is 0 Å². The van der Waals surface area contributed by atoms with Crippen molar-refractivity contribution < 1.29 is 27.4 Å². The minimum absolute atomic E-state index is 0.147. The predicted molar refractivity (Wildman–Crippen MR) is 172 cm³/mol. The summed E-state index contributed by atoms with van der Waals surface area (Å²) < 4.78 is 18.3. The van der Waals surface area contributed by atoms with Gasteiger partial charge in [0, 0.05) is 6.42 Å². The standard InChI is InChI=1S/C30H54N2O6Si3/c1-39(2,3)37-41(6,7)38-40(4,5)22-18-13-11-9-8-10-12-17-21-36-28(33)24-27-30(35)31-26(29(34)32-27)23-25-19-15-14-16-20-25/h14-16,19-20,26-27H,8-13,17-18,21-24H2,1-7H3,(H,31,35)(H,32,34). The molecule has 11 heteroatoms. The van der Waals surface area contributed by atoms with Crippen molar-refractivity contribution in [3.8, 4) is 0 Å². The highest BCUT2D eigenvalue weighted by Crippen LogP contribution is 2.25. The number of hydrogen-bond acceptors (Lipinski definition) is 6. The van der Waals surface area contributed by atoms with E-state index in [-0.39, 0.29) is 18.2 Å². The van der Waals surface area contributed by atoms with Crippen LogP contribution < -0.4 is 10.6 Å². The Bertz CT molecular complexity index is 969. The van der Waals surface area contributed by atoms with Crippen molar-refractivity contribution in [3.63, 3.8) is 0 Å². The lowest BCUT2D eigenvalue weighted by Gasteiger charge is -2.37. The number of esters is 1. The molecule has 1 fully saturated rings. The van der Waals surface area contributed by atoms with Crippen LogP contribution in [0.25, 0.3) is 0 Å². The van der Waals surface area contributed by atoms with E-state index < -0.39 is 43.2 Å². The van der Waals surface area contributed by atoms with Crippen molar-refractivity contribution in [3.05, 3.63) is 35.9 Å². The normalized spacial score (nSPS) is 18.1. The smallest absolute Gasteiger partial charge is 0.311 e. The van der Waals surface area contributed by atoms with Crippen molar-refractivity contribution in [2.75, 3.05) is 6.61 Å². The molecule has 41 heavy (non-hydrogen) atoms. The van der Waals surface area contributed by atoms with Gasteiger partial charge in [0.15, 0.2) is 16.6 Å². The molecule has 2 N–H and O–H groups in total. The number of ether oxygens (including phenoxy) is 1. The zero-order valence-corrected chi connectivity index (χ0v) is 29.5. The molecule has 1 aliphatic rings. The fraction of sp³-hybridized carbons (Fsp3) is 0.700. The number of hydrogen-bond donors (Lipinski definition) is 2. The molecule has 0 aliphatic carbocycles. The van der Waals surface area contributed by atoms with E-state index in [1.54, 1.807) is 0 Å². The fourth-order valence-corrected chi connectivity index (χ4v) is 18.7. The molecule has 0 bridgehead atoms. The van der Waals surface area contributed by atoms with Gasteiger partial charge >= 0.3 is 14.5 Å². The van der Waals surface area contributed by atoms with Gasteiger partial charge in [-0.25, -0.2) is 0 Å². The number of piperazine rings is 1. The van der Waals surface area contributed by atoms with Crippen LogP contribution in [0.1, 0.15) is 63.4 Å². The number of unbranched alkanes of at least 4 members (excludes halogenated alkanes) is 7. The average molecular weight is 623 g/mol. The van der Waals surface area contributed by atoms with Gasteiger partial charge in [-0.1, -0.05) is 75.3 Å². The Morgan fingerprint density at radius 1 is 0.732 bits per heavy atom. The molecule has 2 unspecified atom stereocenters. The van der Waals surface area contributed by atoms with Crippen LogP contribution in [0.3, 0.4) is 0 Å². The van der Waals surface area contributed by atoms with E-state index in [1.165, 1.54) is 38.1 Å². The fourth-order valence-electron chi connectivity index (χ4n) is 5.41. The van der Waals surface area contributed by atoms with Gasteiger partial charge in [-0.15, -0.1) is 0 Å². The zero-order chi connectivity index (χ0) is 30.5. The molecule has 1 heterocycles. The number of rotatable bonds is 19. The number of nitrogens with one attached hydrogen (secondary N) is 2. The van der Waals surface area contributed by atoms with Gasteiger partial charge in [-0.2, -0.15) is 0 Å². The molecule has 232 valence electrons. The Morgan fingerprint density at radius 2 is 1.27 bits per heavy atom. The summed E-state index contributed by atoms with van der Waals surface area (Å²) in [4.78, 5) is 37.1. The molecule has 0 aromatic heterocycles. The number of carbonyl (C=O) groups is 3. The summed E-state index contributed by atoms with van der Waals surface area (Å²) in [5.74, 6) is -1.08. The molecule has 0 spiro atoms. The summed E-state index contributed by atoms with van der Waals surface area (Å²) >= 11 is 0. The molecule has 1 saturated heterocycles. The van der Waals surface area contributed by atoms with E-state index in [2.05, 4.69) is 56.5 Å². The van der Waals surface area contributed by atoms with Crippen molar-refractivity contribution >= 4 is 43.0 Å². The summed E-state index contributed by atoms with van der Waals surface area (Å²) in [6.07, 6.45) is 9.34. The largest absolute Gasteiger partial charge is 0.466 e. The first-order valence-electron chi connectivity index (χ1n) is 15.4. The number of carbonyl (C=O) groups excluding carboxylic acids is 3. The van der Waals surface area contributed by atoms with Crippen molar-refractivity contribution in [2.24, 2.45) is 0 Å². The topological polar surface area (TPSA) is 103 Å². The summed E-state index contributed by atoms with van der Waals surface area (Å²) in [5, 5.41) is 5.41. The van der Waals surface area contributed by atoms with Crippen LogP contribution in [0.5, 0.6) is 0 Å². The maximum Gasteiger partial charge on any atom is 0.311 e. The first-order valence-corrected chi connectivity index (χ1v) is 24.7. The van der Waals surface area contributed by atoms with Gasteiger partial charge in [0.05, 0.1) is 13.0 Å². The number of amides is 2. The minimum Gasteiger partial charge on any atom is -0.466 e. The van der Waals surface area contributed by atoms with E-state index >= 15 is 0 Å². The van der Waals surface area contributed by atoms with Gasteiger partial charge in [0.2, 0.25) is 11.8 Å². The summed E-state index contributed by atoms with van der Waals surface area (Å²) in [7, 11) is -5.34. The summed E-state index contributed by atoms with van der Waals surface area (Å²) in [6.45, 7) is 16.1. The molecular weight excluding hydrogens is 569 g/mol. The maximum atomic E-state index is 12.4. The monoisotopic (exact) mass is 622 g/mol. The Labute approximate surface area is 251 Å². The predicted octanol–water partition coefficient (Wildman–Crippen LogP) is 6.04. The van der Waals surface area contributed by atoms with Crippen LogP contribution in [-0.4, -0.2) is 61.7 Å². The van der Waals surface area contributed by atoms with Crippen molar-refractivity contribution in [2.45, 2.75) is 128 Å². The molecule has 0 saturated carbocycles. The Hall–Kier alpha value is -1.80. The van der Waals surface area contributed by atoms with Crippen LogP contribution in [0.4, 0.5) is 0 Å². The third-order valence-corrected chi connectivity index (χ3v) is 17.1. The lowest BCUT2D eigenvalue weighted by atomic mass is 10.0. The molecule has 2 rings (SSSR count). The van der Waals surface area contributed by atoms with Gasteiger partial charge in [-0.3, -0.25) is 14.4 Å². The van der Waals surface area contributed by atoms with Crippen molar-refractivity contribution in [1.82, 2.24) is 10.6 Å². The number of benzene rings is 1. The van der Waals surface area contributed by atoms with Gasteiger partial charge in [-0.05, 0) is 63.9 Å².